The zero-order valence-electron chi connectivity index (χ0n) is 59.3. The van der Waals surface area contributed by atoms with E-state index in [4.69, 9.17) is 0 Å². The van der Waals surface area contributed by atoms with Crippen molar-refractivity contribution in [3.8, 4) is 101 Å². The molecule has 4 heteroatoms. The van der Waals surface area contributed by atoms with E-state index in [0.717, 1.165) is 11.4 Å². The normalized spacial score (nSPS) is 13.4. The van der Waals surface area contributed by atoms with Gasteiger partial charge in [0, 0.05) is 76.7 Å². The topological polar surface area (TPSA) is 19.7 Å². The average molecular weight is 1350 g/mol. The van der Waals surface area contributed by atoms with E-state index in [1.54, 1.807) is 0 Å². The lowest BCUT2D eigenvalue weighted by molar-refractivity contribution is 0.660. The highest BCUT2D eigenvalue weighted by Gasteiger charge is 2.38. The highest BCUT2D eigenvalue weighted by atomic mass is 15.0. The van der Waals surface area contributed by atoms with Gasteiger partial charge in [0.2, 0.25) is 0 Å². The van der Waals surface area contributed by atoms with E-state index in [2.05, 4.69) is 398 Å². The number of hydrogen-bond acceptors (Lipinski definition) is 0. The fraction of sp³-hybridized carbons (Fsp3) is 0.0588. The van der Waals surface area contributed by atoms with Crippen molar-refractivity contribution in [1.29, 1.82) is 0 Å². The Morgan fingerprint density at radius 1 is 0.160 bits per heavy atom. The Balaban J connectivity index is 0.549. The third-order valence-corrected chi connectivity index (χ3v) is 24.0. The van der Waals surface area contributed by atoms with E-state index < -0.39 is 0 Å². The van der Waals surface area contributed by atoms with E-state index >= 15 is 0 Å². The molecular weight excluding hydrogens is 1280 g/mol. The van der Waals surface area contributed by atoms with Crippen molar-refractivity contribution in [3.05, 3.63) is 374 Å². The van der Waals surface area contributed by atoms with Gasteiger partial charge in [-0.3, -0.25) is 0 Å². The van der Waals surface area contributed by atoms with Gasteiger partial charge in [-0.15, -0.1) is 0 Å². The largest absolute Gasteiger partial charge is 0.309 e. The molecule has 2 aliphatic carbocycles. The Kier molecular flexibility index (Phi) is 12.9. The van der Waals surface area contributed by atoms with Crippen LogP contribution in [0.2, 0.25) is 0 Å². The van der Waals surface area contributed by atoms with Gasteiger partial charge in [0.1, 0.15) is 0 Å². The van der Waals surface area contributed by atoms with Crippen LogP contribution in [0.1, 0.15) is 49.9 Å². The van der Waals surface area contributed by atoms with Crippen LogP contribution in [0.5, 0.6) is 0 Å². The summed E-state index contributed by atoms with van der Waals surface area (Å²) < 4.78 is 9.80. The third-order valence-electron chi connectivity index (χ3n) is 24.0. The molecule has 2 aliphatic rings. The fourth-order valence-corrected chi connectivity index (χ4v) is 18.7. The van der Waals surface area contributed by atoms with Crippen molar-refractivity contribution in [2.45, 2.75) is 38.5 Å². The molecule has 0 aliphatic heterocycles. The van der Waals surface area contributed by atoms with Crippen LogP contribution < -0.4 is 0 Å². The monoisotopic (exact) mass is 1350 g/mol. The maximum atomic E-state index is 2.48. The summed E-state index contributed by atoms with van der Waals surface area (Å²) in [4.78, 5) is 0. The lowest BCUT2D eigenvalue weighted by atomic mass is 9.81. The smallest absolute Gasteiger partial charge is 0.0541 e. The first-order chi connectivity index (χ1) is 52.1. The molecule has 0 unspecified atom stereocenters. The molecule has 22 rings (SSSR count). The van der Waals surface area contributed by atoms with Crippen molar-refractivity contribution in [1.82, 2.24) is 18.3 Å². The van der Waals surface area contributed by atoms with Gasteiger partial charge in [-0.2, -0.15) is 0 Å². The van der Waals surface area contributed by atoms with Crippen molar-refractivity contribution >= 4 is 87.2 Å². The summed E-state index contributed by atoms with van der Waals surface area (Å²) in [6.07, 6.45) is 0. The van der Waals surface area contributed by atoms with Gasteiger partial charge in [0.15, 0.2) is 0 Å². The first kappa shape index (κ1) is 60.3. The molecule has 0 saturated heterocycles. The number of benzene rings is 16. The predicted molar refractivity (Wildman–Crippen MR) is 446 cm³/mol. The molecule has 0 spiro atoms. The Labute approximate surface area is 614 Å². The lowest BCUT2D eigenvalue weighted by Gasteiger charge is -2.23. The van der Waals surface area contributed by atoms with Gasteiger partial charge in [0.25, 0.3) is 0 Å². The average Bonchev–Trinajstić information content (AvgIpc) is 1.59. The molecule has 0 saturated carbocycles. The summed E-state index contributed by atoms with van der Waals surface area (Å²) in [5.74, 6) is 0. The van der Waals surface area contributed by atoms with Gasteiger partial charge in [-0.05, 0) is 228 Å². The predicted octanol–water partition coefficient (Wildman–Crippen LogP) is 27.0. The second-order valence-electron chi connectivity index (χ2n) is 30.4. The summed E-state index contributed by atoms with van der Waals surface area (Å²) in [5.41, 5.74) is 36.7. The first-order valence-corrected chi connectivity index (χ1v) is 37.1. The number of fused-ring (bicyclic) bond motifs is 18. The Hall–Kier alpha value is -13.3. The van der Waals surface area contributed by atoms with Gasteiger partial charge in [0.05, 0.1) is 44.1 Å². The molecule has 0 amide bonds. The Bertz CT molecular complexity index is 7120. The van der Waals surface area contributed by atoms with Crippen molar-refractivity contribution < 1.29 is 0 Å². The molecular formula is C102H70N4. The van der Waals surface area contributed by atoms with Crippen LogP contribution in [0.25, 0.3) is 188 Å². The second-order valence-corrected chi connectivity index (χ2v) is 30.4. The molecule has 0 atom stereocenters. The summed E-state index contributed by atoms with van der Waals surface area (Å²) in [7, 11) is 0. The maximum Gasteiger partial charge on any atom is 0.0541 e. The van der Waals surface area contributed by atoms with Crippen LogP contribution in [-0.2, 0) is 10.8 Å². The minimum Gasteiger partial charge on any atom is -0.309 e. The van der Waals surface area contributed by atoms with Crippen molar-refractivity contribution in [2.75, 3.05) is 0 Å². The summed E-state index contributed by atoms with van der Waals surface area (Å²) in [6.45, 7) is 9.51. The molecule has 0 bridgehead atoms. The third kappa shape index (κ3) is 8.88. The van der Waals surface area contributed by atoms with Crippen molar-refractivity contribution in [3.63, 3.8) is 0 Å². The van der Waals surface area contributed by atoms with E-state index in [9.17, 15) is 0 Å². The molecule has 0 radical (unpaired) electrons. The highest BCUT2D eigenvalue weighted by molar-refractivity contribution is 6.15. The molecule has 4 nitrogen and oxygen atoms in total. The van der Waals surface area contributed by atoms with Gasteiger partial charge in [-0.25, -0.2) is 0 Å². The maximum absolute atomic E-state index is 2.48. The summed E-state index contributed by atoms with van der Waals surface area (Å²) in [6, 6.07) is 132. The second kappa shape index (κ2) is 22.6. The molecule has 20 aromatic rings. The number of rotatable bonds is 9. The molecule has 4 aromatic heterocycles. The van der Waals surface area contributed by atoms with E-state index in [1.807, 2.05) is 0 Å². The summed E-state index contributed by atoms with van der Waals surface area (Å²) >= 11 is 0. The van der Waals surface area contributed by atoms with E-state index in [0.29, 0.717) is 0 Å². The van der Waals surface area contributed by atoms with Crippen LogP contribution in [0, 0.1) is 0 Å². The van der Waals surface area contributed by atoms with Crippen LogP contribution in [0.3, 0.4) is 0 Å². The van der Waals surface area contributed by atoms with Crippen LogP contribution in [0.15, 0.2) is 352 Å². The molecule has 16 aromatic carbocycles. The number of nitrogens with zero attached hydrogens (tertiary/aromatic N) is 4. The molecule has 0 fully saturated rings. The Morgan fingerprint density at radius 3 is 0.925 bits per heavy atom. The van der Waals surface area contributed by atoms with Gasteiger partial charge < -0.3 is 18.3 Å². The lowest BCUT2D eigenvalue weighted by Crippen LogP contribution is -2.15. The standard InChI is InChI=1S/C102H70N4/c1-101(2)89-31-13-8-26-77(89)84-61-75(46-49-90(84)101)105-95-34-16-11-29-82(95)87-58-70(43-52-99(87)105)68-42-51-98-86(56-68)81-28-10-15-33-94(81)104(98)74-25-19-23-67(55-74)64-36-38-65(39-37-64)72-40-47-78-79-48-45-76(62-92(79)102(3,4)91(78)60-72)106-96-35-17-12-30-83(96)88-59-71(44-53-100(88)106)69-41-50-97-85(57-69)80-27-9-14-32-93(80)103(97)73-24-18-22-66(54-73)63-20-6-5-7-21-63/h5-62H,1-4H3. The van der Waals surface area contributed by atoms with Crippen LogP contribution in [-0.4, -0.2) is 18.3 Å². The zero-order valence-corrected chi connectivity index (χ0v) is 59.3. The highest BCUT2D eigenvalue weighted by Crippen LogP contribution is 2.53. The molecule has 4 heterocycles. The quantitative estimate of drug-likeness (QED) is 0.137. The number of para-hydroxylation sites is 4. The number of aromatic nitrogens is 4. The number of hydrogen-bond donors (Lipinski definition) is 0. The zero-order chi connectivity index (χ0) is 70.3. The van der Waals surface area contributed by atoms with E-state index in [-0.39, 0.29) is 10.8 Å². The Morgan fingerprint density at radius 2 is 0.453 bits per heavy atom. The van der Waals surface area contributed by atoms with Gasteiger partial charge >= 0.3 is 0 Å². The minimum atomic E-state index is -0.239. The minimum absolute atomic E-state index is 0.0434. The van der Waals surface area contributed by atoms with Crippen LogP contribution in [0.4, 0.5) is 0 Å². The first-order valence-electron chi connectivity index (χ1n) is 37.1. The fourth-order valence-electron chi connectivity index (χ4n) is 18.7. The SMILES string of the molecule is CC1(C)c2ccccc2-c2cc(-n3c4ccccc4c4cc(-c5ccc6c(c5)c5ccccc5n6-c5cccc(-c6ccc(-c7ccc8c(c7)C(C)(C)c7cc(-n9c%10ccccc%10c%10cc(-c%11ccc%12c(c%11)c%11ccccc%11n%12-c%11cccc(-c%12ccccc%12)c%11)ccc%109)ccc7-8)cc6)c5)ccc43)ccc21. The summed E-state index contributed by atoms with van der Waals surface area (Å²) in [5, 5.41) is 9.95. The van der Waals surface area contributed by atoms with Crippen LogP contribution >= 0.6 is 0 Å². The van der Waals surface area contributed by atoms with E-state index in [1.165, 1.54) is 199 Å². The molecule has 0 N–H and O–H groups in total. The van der Waals surface area contributed by atoms with Crippen molar-refractivity contribution in [2.24, 2.45) is 0 Å². The molecule has 498 valence electrons. The van der Waals surface area contributed by atoms with Gasteiger partial charge in [-0.1, -0.05) is 252 Å². The molecule has 106 heavy (non-hydrogen) atoms.